The molecule has 1 saturated carbocycles. The van der Waals surface area contributed by atoms with Crippen LogP contribution in [0.25, 0.3) is 0 Å². The van der Waals surface area contributed by atoms with Gasteiger partial charge in [0, 0.05) is 44.1 Å². The van der Waals surface area contributed by atoms with E-state index < -0.39 is 0 Å². The molecule has 20 heavy (non-hydrogen) atoms. The Morgan fingerprint density at radius 3 is 2.85 bits per heavy atom. The van der Waals surface area contributed by atoms with Gasteiger partial charge in [0.25, 0.3) is 0 Å². The summed E-state index contributed by atoms with van der Waals surface area (Å²) < 4.78 is 5.08. The monoisotopic (exact) mass is 297 g/mol. The Bertz CT molecular complexity index is 417. The molecule has 1 N–H and O–H groups in total. The van der Waals surface area contributed by atoms with Gasteiger partial charge in [-0.15, -0.1) is 11.3 Å². The summed E-state index contributed by atoms with van der Waals surface area (Å²) in [7, 11) is 3.90. The van der Waals surface area contributed by atoms with Gasteiger partial charge in [-0.05, 0) is 26.2 Å². The SMILES string of the molecule is CCC(C)N(C)c1nc(C2CC2)c(CNCCOC)s1. The van der Waals surface area contributed by atoms with Crippen molar-refractivity contribution in [3.8, 4) is 0 Å². The summed E-state index contributed by atoms with van der Waals surface area (Å²) in [5.74, 6) is 0.713. The summed E-state index contributed by atoms with van der Waals surface area (Å²) >= 11 is 1.85. The first-order chi connectivity index (χ1) is 9.67. The van der Waals surface area contributed by atoms with E-state index in [1.165, 1.54) is 28.5 Å². The van der Waals surface area contributed by atoms with Gasteiger partial charge in [0.1, 0.15) is 0 Å². The van der Waals surface area contributed by atoms with Crippen LogP contribution in [0.5, 0.6) is 0 Å². The minimum atomic E-state index is 0.544. The van der Waals surface area contributed by atoms with Crippen LogP contribution in [0.2, 0.25) is 0 Å². The van der Waals surface area contributed by atoms with Crippen molar-refractivity contribution in [2.75, 3.05) is 32.2 Å². The third kappa shape index (κ3) is 3.93. The van der Waals surface area contributed by atoms with Crippen LogP contribution in [-0.4, -0.2) is 38.3 Å². The second-order valence-corrected chi connectivity index (χ2v) is 6.68. The Morgan fingerprint density at radius 2 is 2.25 bits per heavy atom. The van der Waals surface area contributed by atoms with Gasteiger partial charge in [-0.2, -0.15) is 0 Å². The predicted octanol–water partition coefficient (Wildman–Crippen LogP) is 2.99. The molecule has 5 heteroatoms. The number of nitrogens with one attached hydrogen (secondary N) is 1. The van der Waals surface area contributed by atoms with Crippen LogP contribution in [0.4, 0.5) is 5.13 Å². The maximum absolute atomic E-state index is 5.08. The highest BCUT2D eigenvalue weighted by Crippen LogP contribution is 2.44. The zero-order chi connectivity index (χ0) is 14.5. The minimum Gasteiger partial charge on any atom is -0.383 e. The highest BCUT2D eigenvalue weighted by molar-refractivity contribution is 7.15. The third-order valence-electron chi connectivity index (χ3n) is 4.00. The molecule has 1 aromatic heterocycles. The molecule has 1 fully saturated rings. The minimum absolute atomic E-state index is 0.544. The first-order valence-electron chi connectivity index (χ1n) is 7.59. The molecule has 0 saturated heterocycles. The van der Waals surface area contributed by atoms with Crippen molar-refractivity contribution >= 4 is 16.5 Å². The largest absolute Gasteiger partial charge is 0.383 e. The molecule has 0 bridgehead atoms. The highest BCUT2D eigenvalue weighted by Gasteiger charge is 2.30. The lowest BCUT2D eigenvalue weighted by Gasteiger charge is -2.22. The Morgan fingerprint density at radius 1 is 1.50 bits per heavy atom. The molecule has 1 atom stereocenters. The number of hydrogen-bond acceptors (Lipinski definition) is 5. The number of methoxy groups -OCH3 is 1. The first-order valence-corrected chi connectivity index (χ1v) is 8.41. The first kappa shape index (κ1) is 15.7. The van der Waals surface area contributed by atoms with Crippen molar-refractivity contribution in [1.29, 1.82) is 0 Å². The zero-order valence-electron chi connectivity index (χ0n) is 13.1. The number of thiazole rings is 1. The summed E-state index contributed by atoms with van der Waals surface area (Å²) in [6, 6.07) is 0.544. The number of aromatic nitrogens is 1. The Labute approximate surface area is 126 Å². The molecule has 1 heterocycles. The van der Waals surface area contributed by atoms with E-state index in [2.05, 4.69) is 31.1 Å². The Kier molecular flexibility index (Phi) is 5.81. The van der Waals surface area contributed by atoms with E-state index in [1.54, 1.807) is 7.11 Å². The summed E-state index contributed by atoms with van der Waals surface area (Å²) in [5, 5.41) is 4.62. The molecule has 0 spiro atoms. The molecule has 0 amide bonds. The van der Waals surface area contributed by atoms with Crippen LogP contribution in [0, 0.1) is 0 Å². The molecule has 4 nitrogen and oxygen atoms in total. The highest BCUT2D eigenvalue weighted by atomic mass is 32.1. The fourth-order valence-corrected chi connectivity index (χ4v) is 3.32. The van der Waals surface area contributed by atoms with Crippen molar-refractivity contribution in [1.82, 2.24) is 10.3 Å². The van der Waals surface area contributed by atoms with Crippen molar-refractivity contribution in [2.45, 2.75) is 51.6 Å². The standard InChI is InChI=1S/C15H27N3OS/c1-5-11(2)18(3)15-17-14(12-6-7-12)13(20-15)10-16-8-9-19-4/h11-12,16H,5-10H2,1-4H3. The number of rotatable bonds is 9. The fourth-order valence-electron chi connectivity index (χ4n) is 2.14. The van der Waals surface area contributed by atoms with Gasteiger partial charge in [0.05, 0.1) is 12.3 Å². The lowest BCUT2D eigenvalue weighted by atomic mass is 10.2. The van der Waals surface area contributed by atoms with Gasteiger partial charge in [-0.25, -0.2) is 4.98 Å². The van der Waals surface area contributed by atoms with Gasteiger partial charge in [0.15, 0.2) is 5.13 Å². The molecule has 2 rings (SSSR count). The smallest absolute Gasteiger partial charge is 0.185 e. The van der Waals surface area contributed by atoms with Crippen molar-refractivity contribution in [3.05, 3.63) is 10.6 Å². The average molecular weight is 297 g/mol. The number of nitrogens with zero attached hydrogens (tertiary/aromatic N) is 2. The molecule has 0 aromatic carbocycles. The van der Waals surface area contributed by atoms with E-state index in [0.29, 0.717) is 12.0 Å². The maximum atomic E-state index is 5.08. The quantitative estimate of drug-likeness (QED) is 0.711. The van der Waals surface area contributed by atoms with E-state index in [4.69, 9.17) is 9.72 Å². The summed E-state index contributed by atoms with van der Waals surface area (Å²) in [6.07, 6.45) is 3.76. The van der Waals surface area contributed by atoms with Gasteiger partial charge in [-0.3, -0.25) is 0 Å². The van der Waals surface area contributed by atoms with Crippen LogP contribution in [0.15, 0.2) is 0 Å². The van der Waals surface area contributed by atoms with E-state index in [1.807, 2.05) is 11.3 Å². The van der Waals surface area contributed by atoms with Gasteiger partial charge in [-0.1, -0.05) is 6.92 Å². The van der Waals surface area contributed by atoms with E-state index in [-0.39, 0.29) is 0 Å². The summed E-state index contributed by atoms with van der Waals surface area (Å²) in [6.45, 7) is 7.06. The van der Waals surface area contributed by atoms with Crippen LogP contribution >= 0.6 is 11.3 Å². The van der Waals surface area contributed by atoms with Crippen molar-refractivity contribution in [3.63, 3.8) is 0 Å². The van der Waals surface area contributed by atoms with E-state index >= 15 is 0 Å². The topological polar surface area (TPSA) is 37.4 Å². The predicted molar refractivity (Wildman–Crippen MR) is 85.8 cm³/mol. The molecule has 1 aliphatic rings. The van der Waals surface area contributed by atoms with Gasteiger partial charge < -0.3 is 15.0 Å². The fraction of sp³-hybridized carbons (Fsp3) is 0.800. The van der Waals surface area contributed by atoms with Gasteiger partial charge >= 0.3 is 0 Å². The summed E-state index contributed by atoms with van der Waals surface area (Å²) in [5.41, 5.74) is 1.34. The molecular formula is C15H27N3OS. The molecule has 114 valence electrons. The van der Waals surface area contributed by atoms with Crippen LogP contribution < -0.4 is 10.2 Å². The molecule has 1 aromatic rings. The molecule has 1 unspecified atom stereocenters. The van der Waals surface area contributed by atoms with E-state index in [0.717, 1.165) is 26.1 Å². The van der Waals surface area contributed by atoms with Crippen LogP contribution in [0.1, 0.15) is 49.6 Å². The van der Waals surface area contributed by atoms with Crippen molar-refractivity contribution < 1.29 is 4.74 Å². The number of hydrogen-bond donors (Lipinski definition) is 1. The lowest BCUT2D eigenvalue weighted by molar-refractivity contribution is 0.199. The van der Waals surface area contributed by atoms with Crippen LogP contribution in [-0.2, 0) is 11.3 Å². The molecule has 0 radical (unpaired) electrons. The third-order valence-corrected chi connectivity index (χ3v) is 5.16. The average Bonchev–Trinajstić information content (AvgIpc) is 3.22. The maximum Gasteiger partial charge on any atom is 0.185 e. The van der Waals surface area contributed by atoms with Crippen molar-refractivity contribution in [2.24, 2.45) is 0 Å². The molecular weight excluding hydrogens is 270 g/mol. The van der Waals surface area contributed by atoms with E-state index in [9.17, 15) is 0 Å². The Balaban J connectivity index is 2.03. The second-order valence-electron chi connectivity index (χ2n) is 5.62. The second kappa shape index (κ2) is 7.38. The normalized spacial score (nSPS) is 16.4. The molecule has 0 aliphatic heterocycles. The number of ether oxygens (including phenoxy) is 1. The molecule has 1 aliphatic carbocycles. The zero-order valence-corrected chi connectivity index (χ0v) is 13.9. The number of anilines is 1. The van der Waals surface area contributed by atoms with Crippen LogP contribution in [0.3, 0.4) is 0 Å². The van der Waals surface area contributed by atoms with Gasteiger partial charge in [0.2, 0.25) is 0 Å². The lowest BCUT2D eigenvalue weighted by Crippen LogP contribution is -2.27. The summed E-state index contributed by atoms with van der Waals surface area (Å²) in [4.78, 5) is 8.64. The Hall–Kier alpha value is -0.650.